The average Bonchev–Trinajstić information content (AvgIpc) is 2.80. The lowest BCUT2D eigenvalue weighted by Gasteiger charge is -2.14. The van der Waals surface area contributed by atoms with Gasteiger partial charge in [-0.3, -0.25) is 4.98 Å². The van der Waals surface area contributed by atoms with Crippen molar-refractivity contribution in [1.82, 2.24) is 15.2 Å². The summed E-state index contributed by atoms with van der Waals surface area (Å²) in [5.41, 5.74) is 1.07. The second kappa shape index (κ2) is 6.98. The molecule has 18 heavy (non-hydrogen) atoms. The molecule has 2 heterocycles. The molecular weight excluding hydrogens is 358 g/mol. The lowest BCUT2D eigenvalue weighted by molar-refractivity contribution is 0.338. The first-order valence-corrected chi connectivity index (χ1v) is 8.00. The molecule has 0 radical (unpaired) electrons. The summed E-state index contributed by atoms with van der Waals surface area (Å²) in [5.74, 6) is 0.791. The highest BCUT2D eigenvalue weighted by Crippen LogP contribution is 2.20. The van der Waals surface area contributed by atoms with Gasteiger partial charge < -0.3 is 10.2 Å². The van der Waals surface area contributed by atoms with Gasteiger partial charge >= 0.3 is 0 Å². The number of hydrogen-bond acceptors (Lipinski definition) is 3. The van der Waals surface area contributed by atoms with Gasteiger partial charge in [0.15, 0.2) is 0 Å². The van der Waals surface area contributed by atoms with Crippen molar-refractivity contribution in [3.63, 3.8) is 0 Å². The molecule has 1 saturated heterocycles. The van der Waals surface area contributed by atoms with Crippen molar-refractivity contribution >= 4 is 31.9 Å². The molecule has 1 aromatic rings. The van der Waals surface area contributed by atoms with Crippen LogP contribution >= 0.6 is 31.9 Å². The Morgan fingerprint density at radius 2 is 2.33 bits per heavy atom. The van der Waals surface area contributed by atoms with E-state index in [0.29, 0.717) is 0 Å². The molecule has 3 nitrogen and oxygen atoms in total. The first kappa shape index (κ1) is 14.4. The lowest BCUT2D eigenvalue weighted by Crippen LogP contribution is -2.26. The van der Waals surface area contributed by atoms with Crippen LogP contribution in [0.3, 0.4) is 0 Å². The van der Waals surface area contributed by atoms with Crippen molar-refractivity contribution in [2.24, 2.45) is 5.92 Å². The topological polar surface area (TPSA) is 28.2 Å². The van der Waals surface area contributed by atoms with E-state index in [1.807, 2.05) is 12.3 Å². The number of nitrogens with zero attached hydrogens (tertiary/aromatic N) is 2. The molecule has 1 N–H and O–H groups in total. The van der Waals surface area contributed by atoms with E-state index < -0.39 is 0 Å². The molecule has 0 bridgehead atoms. The maximum absolute atomic E-state index is 4.41. The average molecular weight is 377 g/mol. The van der Waals surface area contributed by atoms with E-state index in [1.54, 1.807) is 0 Å². The van der Waals surface area contributed by atoms with Gasteiger partial charge in [-0.1, -0.05) is 6.92 Å². The third-order valence-corrected chi connectivity index (χ3v) is 4.55. The highest BCUT2D eigenvalue weighted by atomic mass is 79.9. The fourth-order valence-electron chi connectivity index (χ4n) is 2.33. The third-order valence-electron chi connectivity index (χ3n) is 3.43. The first-order chi connectivity index (χ1) is 8.69. The van der Waals surface area contributed by atoms with E-state index in [9.17, 15) is 0 Å². The zero-order valence-electron chi connectivity index (χ0n) is 10.6. The highest BCUT2D eigenvalue weighted by molar-refractivity contribution is 9.11. The predicted molar refractivity (Wildman–Crippen MR) is 81.6 cm³/mol. The van der Waals surface area contributed by atoms with Crippen LogP contribution in [0.2, 0.25) is 0 Å². The van der Waals surface area contributed by atoms with Crippen LogP contribution in [-0.2, 0) is 6.54 Å². The molecule has 0 amide bonds. The quantitative estimate of drug-likeness (QED) is 0.855. The highest BCUT2D eigenvalue weighted by Gasteiger charge is 2.20. The Hall–Kier alpha value is 0.0300. The summed E-state index contributed by atoms with van der Waals surface area (Å²) < 4.78 is 2.07. The van der Waals surface area contributed by atoms with Gasteiger partial charge in [-0.2, -0.15) is 0 Å². The van der Waals surface area contributed by atoms with Gasteiger partial charge in [0, 0.05) is 28.2 Å². The molecule has 1 unspecified atom stereocenters. The van der Waals surface area contributed by atoms with E-state index in [-0.39, 0.29) is 0 Å². The Morgan fingerprint density at radius 3 is 3.00 bits per heavy atom. The molecule has 100 valence electrons. The summed E-state index contributed by atoms with van der Waals surface area (Å²) in [5, 5.41) is 3.51. The Morgan fingerprint density at radius 1 is 1.50 bits per heavy atom. The molecule has 0 spiro atoms. The number of pyridine rings is 1. The van der Waals surface area contributed by atoms with Crippen LogP contribution in [0.25, 0.3) is 0 Å². The van der Waals surface area contributed by atoms with Crippen molar-refractivity contribution < 1.29 is 0 Å². The van der Waals surface area contributed by atoms with Crippen LogP contribution < -0.4 is 5.32 Å². The number of rotatable bonds is 5. The number of likely N-dealkylation sites (tertiary alicyclic amines) is 1. The van der Waals surface area contributed by atoms with Crippen molar-refractivity contribution in [2.45, 2.75) is 19.9 Å². The molecule has 1 aliphatic heterocycles. The molecule has 1 aromatic heterocycles. The van der Waals surface area contributed by atoms with E-state index in [4.69, 9.17) is 0 Å². The van der Waals surface area contributed by atoms with Crippen LogP contribution in [0, 0.1) is 5.92 Å². The van der Waals surface area contributed by atoms with Gasteiger partial charge in [-0.15, -0.1) is 0 Å². The van der Waals surface area contributed by atoms with Crippen LogP contribution in [-0.4, -0.2) is 36.1 Å². The maximum Gasteiger partial charge on any atom is 0.0684 e. The molecule has 0 aliphatic carbocycles. The van der Waals surface area contributed by atoms with Gasteiger partial charge in [-0.05, 0) is 69.9 Å². The minimum Gasteiger partial charge on any atom is -0.311 e. The minimum atomic E-state index is 0.791. The molecule has 5 heteroatoms. The Balaban J connectivity index is 1.75. The summed E-state index contributed by atoms with van der Waals surface area (Å²) in [4.78, 5) is 6.92. The van der Waals surface area contributed by atoms with Crippen molar-refractivity contribution in [1.29, 1.82) is 0 Å². The number of halogens is 2. The van der Waals surface area contributed by atoms with Crippen LogP contribution in [0.1, 0.15) is 19.0 Å². The smallest absolute Gasteiger partial charge is 0.0684 e. The van der Waals surface area contributed by atoms with Crippen molar-refractivity contribution in [3.05, 3.63) is 26.9 Å². The Kier molecular flexibility index (Phi) is 5.60. The monoisotopic (exact) mass is 375 g/mol. The van der Waals surface area contributed by atoms with Gasteiger partial charge in [-0.25, -0.2) is 0 Å². The molecule has 0 saturated carbocycles. The molecule has 2 rings (SSSR count). The maximum atomic E-state index is 4.41. The lowest BCUT2D eigenvalue weighted by atomic mass is 10.1. The fourth-order valence-corrected chi connectivity index (χ4v) is 3.46. The van der Waals surface area contributed by atoms with Crippen LogP contribution in [0.15, 0.2) is 21.2 Å². The third kappa shape index (κ3) is 4.02. The second-order valence-electron chi connectivity index (χ2n) is 4.76. The van der Waals surface area contributed by atoms with Gasteiger partial charge in [0.1, 0.15) is 0 Å². The van der Waals surface area contributed by atoms with Crippen molar-refractivity contribution in [2.75, 3.05) is 26.2 Å². The number of hydrogen-bond donors (Lipinski definition) is 1. The molecule has 1 aliphatic rings. The number of aromatic nitrogens is 1. The van der Waals surface area contributed by atoms with Crippen molar-refractivity contribution in [3.8, 4) is 0 Å². The predicted octanol–water partition coefficient (Wildman–Crippen LogP) is 3.04. The van der Waals surface area contributed by atoms with E-state index in [2.05, 4.69) is 54.0 Å². The van der Waals surface area contributed by atoms with E-state index in [1.165, 1.54) is 26.1 Å². The number of nitrogens with one attached hydrogen (secondary N) is 1. The molecule has 1 fully saturated rings. The van der Waals surface area contributed by atoms with E-state index >= 15 is 0 Å². The van der Waals surface area contributed by atoms with Gasteiger partial charge in [0.25, 0.3) is 0 Å². The standard InChI is InChI=1S/C13H19Br2N3/c1-2-18-4-3-10(9-18)6-16-8-13-12(15)5-11(14)7-17-13/h5,7,10,16H,2-4,6,8-9H2,1H3. The van der Waals surface area contributed by atoms with E-state index in [0.717, 1.165) is 33.6 Å². The van der Waals surface area contributed by atoms with Crippen LogP contribution in [0.5, 0.6) is 0 Å². The SMILES string of the molecule is CCN1CCC(CNCc2ncc(Br)cc2Br)C1. The fraction of sp³-hybridized carbons (Fsp3) is 0.615. The normalized spacial score (nSPS) is 20.5. The zero-order chi connectivity index (χ0) is 13.0. The van der Waals surface area contributed by atoms with Crippen LogP contribution in [0.4, 0.5) is 0 Å². The summed E-state index contributed by atoms with van der Waals surface area (Å²) in [6.07, 6.45) is 3.16. The Labute approximate surface area is 126 Å². The summed E-state index contributed by atoms with van der Waals surface area (Å²) >= 11 is 6.96. The summed E-state index contributed by atoms with van der Waals surface area (Å²) in [7, 11) is 0. The zero-order valence-corrected chi connectivity index (χ0v) is 13.8. The Bertz CT molecular complexity index is 398. The summed E-state index contributed by atoms with van der Waals surface area (Å²) in [6, 6.07) is 2.04. The molecular formula is C13H19Br2N3. The summed E-state index contributed by atoms with van der Waals surface area (Å²) in [6.45, 7) is 7.81. The van der Waals surface area contributed by atoms with Gasteiger partial charge in [0.2, 0.25) is 0 Å². The first-order valence-electron chi connectivity index (χ1n) is 6.42. The second-order valence-corrected chi connectivity index (χ2v) is 6.53. The van der Waals surface area contributed by atoms with Gasteiger partial charge in [0.05, 0.1) is 5.69 Å². The minimum absolute atomic E-state index is 0.791. The molecule has 0 aromatic carbocycles. The molecule has 1 atom stereocenters. The largest absolute Gasteiger partial charge is 0.311 e.